The second kappa shape index (κ2) is 16.7. The van der Waals surface area contributed by atoms with E-state index in [9.17, 15) is 32.0 Å². The average Bonchev–Trinajstić information content (AvgIpc) is 3.28. The van der Waals surface area contributed by atoms with Crippen LogP contribution in [0.5, 0.6) is 0 Å². The highest BCUT2D eigenvalue weighted by Crippen LogP contribution is 2.32. The molecule has 0 N–H and O–H groups in total. The minimum Gasteiger partial charge on any atom is -0.383 e. The van der Waals surface area contributed by atoms with E-state index in [4.69, 9.17) is 20.6 Å². The number of fused-ring (bicyclic) bond motifs is 1. The van der Waals surface area contributed by atoms with Gasteiger partial charge in [-0.1, -0.05) is 60.1 Å². The van der Waals surface area contributed by atoms with E-state index in [-0.39, 0.29) is 33.0 Å². The SMILES string of the molecule is [2H]c1c(C)c([2H])c2c(=O)c([2H])c(SCc3cccc(F)c3F)n(C([2H])([2H])C(=O)N(Cc3ccc(-c4ccc(C(F)(F)F)cc4)cc3)C3([2H])C([2H])([2H])C([2H])([2H])N(C([2H])([2H])C([2H])([2H])OC([2H])([2H])[2H])C([2H])([2H])C3([2H])[2H])c2c1[2H]. The Bertz CT molecular complexity index is 3110. The predicted molar refractivity (Wildman–Crippen MR) is 198 cm³/mol. The Hall–Kier alpha value is -4.52. The largest absolute Gasteiger partial charge is 0.416 e. The topological polar surface area (TPSA) is 54.8 Å². The minimum atomic E-state index is -4.73. The van der Waals surface area contributed by atoms with Crippen molar-refractivity contribution < 1.29 is 61.6 Å². The molecule has 2 heterocycles. The normalized spacial score (nSPS) is 25.7. The molecule has 0 saturated carbocycles. The number of hydrogen-bond acceptors (Lipinski definition) is 5. The van der Waals surface area contributed by atoms with E-state index in [1.165, 1.54) is 12.1 Å². The number of amides is 1. The highest BCUT2D eigenvalue weighted by Gasteiger charge is 2.31. The van der Waals surface area contributed by atoms with Crippen molar-refractivity contribution in [3.63, 3.8) is 0 Å². The lowest BCUT2D eigenvalue weighted by molar-refractivity contribution is -0.137. The van der Waals surface area contributed by atoms with Gasteiger partial charge in [0.2, 0.25) is 5.91 Å². The molecule has 1 fully saturated rings. The maximum Gasteiger partial charge on any atom is 0.416 e. The summed E-state index contributed by atoms with van der Waals surface area (Å²) in [5, 5.41) is -2.05. The van der Waals surface area contributed by atoms with Crippen molar-refractivity contribution in [3.05, 3.63) is 135 Å². The lowest BCUT2D eigenvalue weighted by atomic mass is 10.00. The molecule has 1 saturated heterocycles. The Morgan fingerprint density at radius 2 is 1.75 bits per heavy atom. The zero-order chi connectivity index (χ0) is 57.2. The van der Waals surface area contributed by atoms with Gasteiger partial charge >= 0.3 is 6.18 Å². The number of piperidine rings is 1. The lowest BCUT2D eigenvalue weighted by Crippen LogP contribution is -2.48. The van der Waals surface area contributed by atoms with E-state index in [2.05, 4.69) is 4.74 Å². The van der Waals surface area contributed by atoms with Crippen LogP contribution in [0.2, 0.25) is 0 Å². The number of benzene rings is 4. The summed E-state index contributed by atoms with van der Waals surface area (Å²) in [6.07, 6.45) is -14.1. The summed E-state index contributed by atoms with van der Waals surface area (Å²) in [5.74, 6) is -6.11. The molecule has 1 aromatic heterocycles. The summed E-state index contributed by atoms with van der Waals surface area (Å²) in [5.41, 5.74) is -4.60. The van der Waals surface area contributed by atoms with E-state index in [0.29, 0.717) is 0 Å². The molecule has 0 unspecified atom stereocenters. The molecule has 1 aliphatic rings. The number of hydrogen-bond donors (Lipinski definition) is 0. The summed E-state index contributed by atoms with van der Waals surface area (Å²) >= 11 is 0.147. The molecule has 4 aromatic carbocycles. The molecule has 0 spiro atoms. The number of rotatable bonds is 12. The number of halogens is 5. The predicted octanol–water partition coefficient (Wildman–Crippen LogP) is 8.71. The van der Waals surface area contributed by atoms with Gasteiger partial charge in [-0.15, -0.1) is 11.8 Å². The first-order valence-corrected chi connectivity index (χ1v) is 16.2. The Kier molecular flexibility index (Phi) is 6.03. The van der Waals surface area contributed by atoms with Crippen molar-refractivity contribution in [2.24, 2.45) is 0 Å². The number of aromatic nitrogens is 1. The molecule has 5 aromatic rings. The molecule has 0 bridgehead atoms. The number of carbonyl (C=O) groups excluding carboxylic acids is 1. The average molecular weight is 772 g/mol. The number of ether oxygens (including phenoxy) is 1. The number of thioether (sulfide) groups is 1. The van der Waals surface area contributed by atoms with Gasteiger partial charge in [0.1, 0.15) is 6.50 Å². The Balaban J connectivity index is 1.68. The number of likely N-dealkylation sites (tertiary alicyclic amines) is 1. The maximum atomic E-state index is 15.7. The number of pyridine rings is 1. The minimum absolute atomic E-state index is 0.0427. The van der Waals surface area contributed by atoms with Gasteiger partial charge < -0.3 is 19.1 Å². The standard InChI is InChI=1S/C41H40F5N3O3S/c1-27-6-15-36-34(22-27)37(50)23-39(53-26-31-4-3-5-35(42)40(31)43)49(36)25-38(51)48(33-16-18-47(19-17-33)20-21-52-2)24-28-7-9-29(10-8-28)30-11-13-32(14-12-30)41(44,45)46/h3-15,22-23,33H,16-21,24-26H2,1-2H3/i2D3,6D,15D,16D2,17D2,18D2,19D2,20D2,21D2,22D,23D,25D2,33D. The van der Waals surface area contributed by atoms with Gasteiger partial charge in [-0.05, 0) is 66.6 Å². The van der Waals surface area contributed by atoms with E-state index in [1.54, 1.807) is 0 Å². The number of alkyl halides is 3. The van der Waals surface area contributed by atoms with Crippen molar-refractivity contribution in [2.45, 2.75) is 55.7 Å². The van der Waals surface area contributed by atoms with Gasteiger partial charge in [0, 0.05) is 75.5 Å². The Morgan fingerprint density at radius 1 is 1.06 bits per heavy atom. The smallest absolute Gasteiger partial charge is 0.383 e. The monoisotopic (exact) mass is 771 g/mol. The Morgan fingerprint density at radius 3 is 2.43 bits per heavy atom. The number of methoxy groups -OCH3 is 1. The molecule has 6 nitrogen and oxygen atoms in total. The molecule has 6 rings (SSSR count). The van der Waals surface area contributed by atoms with Crippen molar-refractivity contribution in [2.75, 3.05) is 33.1 Å². The molecular weight excluding hydrogens is 710 g/mol. The van der Waals surface area contributed by atoms with Crippen LogP contribution in [-0.2, 0) is 34.5 Å². The van der Waals surface area contributed by atoms with Crippen LogP contribution in [-0.4, -0.2) is 59.4 Å². The third kappa shape index (κ3) is 9.17. The van der Waals surface area contributed by atoms with Gasteiger partial charge in [-0.25, -0.2) is 8.78 Å². The Labute approximate surface area is 340 Å². The van der Waals surface area contributed by atoms with Crippen molar-refractivity contribution >= 4 is 28.6 Å². The first-order chi connectivity index (χ1) is 33.9. The van der Waals surface area contributed by atoms with Gasteiger partial charge in [-0.2, -0.15) is 13.2 Å². The van der Waals surface area contributed by atoms with Gasteiger partial charge in [-0.3, -0.25) is 9.59 Å². The first-order valence-electron chi connectivity index (χ1n) is 26.2. The molecule has 0 atom stereocenters. The van der Waals surface area contributed by atoms with Gasteiger partial charge in [0.05, 0.1) is 39.1 Å². The lowest BCUT2D eigenvalue weighted by Gasteiger charge is -2.39. The van der Waals surface area contributed by atoms with Crippen LogP contribution in [0.4, 0.5) is 22.0 Å². The van der Waals surface area contributed by atoms with Crippen LogP contribution in [0.15, 0.2) is 101 Å². The summed E-state index contributed by atoms with van der Waals surface area (Å²) in [6.45, 7) is -23.0. The molecule has 0 radical (unpaired) electrons. The number of nitrogens with zero attached hydrogens (tertiary/aromatic N) is 3. The molecule has 1 amide bonds. The summed E-state index contributed by atoms with van der Waals surface area (Å²) in [7, 11) is -3.88. The highest BCUT2D eigenvalue weighted by molar-refractivity contribution is 7.98. The maximum absolute atomic E-state index is 15.7. The third-order valence-corrected chi connectivity index (χ3v) is 8.54. The molecule has 53 heavy (non-hydrogen) atoms. The second-order valence-corrected chi connectivity index (χ2v) is 12.0. The highest BCUT2D eigenvalue weighted by atomic mass is 32.2. The van der Waals surface area contributed by atoms with E-state index < -0.39 is 166 Å². The fourth-order valence-corrected chi connectivity index (χ4v) is 5.88. The number of carbonyl (C=O) groups is 1. The van der Waals surface area contributed by atoms with Crippen LogP contribution in [0.1, 0.15) is 65.2 Å². The van der Waals surface area contributed by atoms with E-state index >= 15 is 9.18 Å². The summed E-state index contributed by atoms with van der Waals surface area (Å²) in [4.78, 5) is 28.2. The van der Waals surface area contributed by atoms with Crippen molar-refractivity contribution in [1.82, 2.24) is 14.4 Å². The molecule has 0 aliphatic carbocycles. The zero-order valence-corrected chi connectivity index (χ0v) is 27.9. The van der Waals surface area contributed by atoms with Crippen molar-refractivity contribution in [1.29, 1.82) is 0 Å². The summed E-state index contributed by atoms with van der Waals surface area (Å²) < 4.78 is 267. The summed E-state index contributed by atoms with van der Waals surface area (Å²) in [6, 6.07) is 1.94. The van der Waals surface area contributed by atoms with Gasteiger partial charge in [0.25, 0.3) is 0 Å². The molecule has 278 valence electrons. The van der Waals surface area contributed by atoms with E-state index in [0.717, 1.165) is 61.5 Å². The van der Waals surface area contributed by atoms with Crippen LogP contribution >= 0.6 is 11.8 Å². The van der Waals surface area contributed by atoms with Crippen LogP contribution < -0.4 is 5.43 Å². The van der Waals surface area contributed by atoms with Crippen LogP contribution in [0, 0.1) is 18.6 Å². The quantitative estimate of drug-likeness (QED) is 0.0939. The molecule has 12 heteroatoms. The fraction of sp³-hybridized carbons (Fsp3) is 0.317. The van der Waals surface area contributed by atoms with Crippen LogP contribution in [0.25, 0.3) is 22.0 Å². The third-order valence-electron chi connectivity index (χ3n) is 7.53. The fourth-order valence-electron chi connectivity index (χ4n) is 4.94. The van der Waals surface area contributed by atoms with E-state index in [1.807, 2.05) is 0 Å². The molecular formula is C41H40F5N3O3S. The second-order valence-electron chi connectivity index (χ2n) is 11.1. The first kappa shape index (κ1) is 19.2. The van der Waals surface area contributed by atoms with Gasteiger partial charge in [0.15, 0.2) is 17.1 Å². The zero-order valence-electron chi connectivity index (χ0n) is 49.1. The molecule has 1 aliphatic heterocycles. The van der Waals surface area contributed by atoms with Crippen molar-refractivity contribution in [3.8, 4) is 11.1 Å². The van der Waals surface area contributed by atoms with Crippen LogP contribution in [0.3, 0.4) is 0 Å².